The van der Waals surface area contributed by atoms with E-state index < -0.39 is 0 Å². The molecule has 3 nitrogen and oxygen atoms in total. The van der Waals surface area contributed by atoms with Gasteiger partial charge < -0.3 is 9.32 Å². The van der Waals surface area contributed by atoms with Crippen LogP contribution in [0.2, 0.25) is 0 Å². The Morgan fingerprint density at radius 2 is 1.38 bits per heavy atom. The number of oxazole rings is 1. The monoisotopic (exact) mass is 648 g/mol. The highest BCUT2D eigenvalue weighted by atomic mass is 16.3. The van der Waals surface area contributed by atoms with Crippen molar-refractivity contribution in [2.24, 2.45) is 11.8 Å². The number of fused-ring (bicyclic) bond motifs is 6. The third kappa shape index (κ3) is 4.67. The van der Waals surface area contributed by atoms with Gasteiger partial charge in [-0.2, -0.15) is 0 Å². The van der Waals surface area contributed by atoms with E-state index in [0.717, 1.165) is 45.6 Å². The number of anilines is 3. The molecule has 3 heteroatoms. The number of para-hydroxylation sites is 3. The van der Waals surface area contributed by atoms with Gasteiger partial charge in [0.25, 0.3) is 0 Å². The summed E-state index contributed by atoms with van der Waals surface area (Å²) >= 11 is 0. The number of nitrogens with zero attached hydrogens (tertiary/aromatic N) is 2. The summed E-state index contributed by atoms with van der Waals surface area (Å²) in [6.45, 7) is 4.70. The van der Waals surface area contributed by atoms with E-state index in [4.69, 9.17) is 9.40 Å². The van der Waals surface area contributed by atoms with Crippen LogP contribution in [-0.4, -0.2) is 4.98 Å². The minimum absolute atomic E-state index is 0.0509. The molecule has 2 fully saturated rings. The molecule has 50 heavy (non-hydrogen) atoms. The van der Waals surface area contributed by atoms with Crippen LogP contribution < -0.4 is 4.90 Å². The SMILES string of the molecule is CC1(C)c2ccccc2-c2ccc(-c3cccc(N(c4ccc(C5CC6CCC5C6)cc4)c4ccccc4-c4nc5ccccc5o4)c3)cc21. The molecular formula is C47H40N2O. The van der Waals surface area contributed by atoms with Gasteiger partial charge in [-0.15, -0.1) is 0 Å². The summed E-state index contributed by atoms with van der Waals surface area (Å²) in [6, 6.07) is 50.8. The van der Waals surface area contributed by atoms with E-state index in [1.807, 2.05) is 24.3 Å². The fourth-order valence-corrected chi connectivity index (χ4v) is 9.50. The normalized spacial score (nSPS) is 19.8. The number of aromatic nitrogens is 1. The molecule has 2 saturated carbocycles. The van der Waals surface area contributed by atoms with Gasteiger partial charge in [-0.3, -0.25) is 0 Å². The van der Waals surface area contributed by atoms with E-state index >= 15 is 0 Å². The molecule has 1 aromatic heterocycles. The summed E-state index contributed by atoms with van der Waals surface area (Å²) < 4.78 is 6.38. The molecule has 0 radical (unpaired) electrons. The van der Waals surface area contributed by atoms with E-state index in [-0.39, 0.29) is 5.41 Å². The van der Waals surface area contributed by atoms with E-state index in [0.29, 0.717) is 11.8 Å². The van der Waals surface area contributed by atoms with Crippen LogP contribution in [0.25, 0.3) is 44.8 Å². The van der Waals surface area contributed by atoms with Crippen molar-refractivity contribution in [3.8, 4) is 33.7 Å². The fraction of sp³-hybridized carbons (Fsp3) is 0.213. The van der Waals surface area contributed by atoms with Gasteiger partial charge in [0.1, 0.15) is 5.52 Å². The molecule has 6 aromatic carbocycles. The molecule has 3 aliphatic rings. The van der Waals surface area contributed by atoms with Crippen molar-refractivity contribution in [2.75, 3.05) is 4.90 Å². The van der Waals surface area contributed by atoms with Crippen LogP contribution in [0, 0.1) is 11.8 Å². The topological polar surface area (TPSA) is 29.3 Å². The lowest BCUT2D eigenvalue weighted by Crippen LogP contribution is -2.15. The fourth-order valence-electron chi connectivity index (χ4n) is 9.50. The van der Waals surface area contributed by atoms with Crippen LogP contribution in [0.4, 0.5) is 17.1 Å². The van der Waals surface area contributed by atoms with Gasteiger partial charge in [-0.25, -0.2) is 4.98 Å². The summed E-state index contributed by atoms with van der Waals surface area (Å²) in [7, 11) is 0. The first-order valence-electron chi connectivity index (χ1n) is 18.2. The Hall–Kier alpha value is -5.41. The first kappa shape index (κ1) is 29.5. The smallest absolute Gasteiger partial charge is 0.229 e. The summed E-state index contributed by atoms with van der Waals surface area (Å²) in [6.07, 6.45) is 5.57. The van der Waals surface area contributed by atoms with Crippen molar-refractivity contribution < 1.29 is 4.42 Å². The molecule has 3 atom stereocenters. The average Bonchev–Trinajstić information content (AvgIpc) is 3.95. The van der Waals surface area contributed by atoms with E-state index in [9.17, 15) is 0 Å². The van der Waals surface area contributed by atoms with E-state index in [1.165, 1.54) is 64.6 Å². The van der Waals surface area contributed by atoms with Crippen LogP contribution >= 0.6 is 0 Å². The highest BCUT2D eigenvalue weighted by molar-refractivity contribution is 5.89. The van der Waals surface area contributed by atoms with Gasteiger partial charge in [-0.05, 0) is 131 Å². The maximum Gasteiger partial charge on any atom is 0.229 e. The second-order valence-corrected chi connectivity index (χ2v) is 15.2. The zero-order valence-corrected chi connectivity index (χ0v) is 28.6. The molecule has 0 amide bonds. The summed E-state index contributed by atoms with van der Waals surface area (Å²) in [5.41, 5.74) is 15.2. The van der Waals surface area contributed by atoms with Crippen molar-refractivity contribution in [1.82, 2.24) is 4.98 Å². The van der Waals surface area contributed by atoms with Crippen LogP contribution in [0.1, 0.15) is 62.1 Å². The quantitative estimate of drug-likeness (QED) is 0.180. The second kappa shape index (κ2) is 11.3. The lowest BCUT2D eigenvalue weighted by Gasteiger charge is -2.28. The van der Waals surface area contributed by atoms with Gasteiger partial charge in [0, 0.05) is 16.8 Å². The predicted molar refractivity (Wildman–Crippen MR) is 205 cm³/mol. The number of hydrogen-bond acceptors (Lipinski definition) is 3. The number of hydrogen-bond donors (Lipinski definition) is 0. The Balaban J connectivity index is 1.09. The molecule has 1 heterocycles. The molecule has 2 bridgehead atoms. The molecule has 0 aliphatic heterocycles. The van der Waals surface area contributed by atoms with Crippen molar-refractivity contribution in [1.29, 1.82) is 0 Å². The Kier molecular flexibility index (Phi) is 6.68. The summed E-state index contributed by atoms with van der Waals surface area (Å²) in [5.74, 6) is 3.10. The lowest BCUT2D eigenvalue weighted by molar-refractivity contribution is 0.420. The van der Waals surface area contributed by atoms with Gasteiger partial charge in [0.2, 0.25) is 5.89 Å². The average molecular weight is 649 g/mol. The molecule has 0 N–H and O–H groups in total. The molecular weight excluding hydrogens is 609 g/mol. The summed E-state index contributed by atoms with van der Waals surface area (Å²) in [4.78, 5) is 7.32. The molecule has 0 spiro atoms. The minimum atomic E-state index is -0.0509. The highest BCUT2D eigenvalue weighted by Crippen LogP contribution is 2.53. The lowest BCUT2D eigenvalue weighted by atomic mass is 9.81. The molecule has 0 saturated heterocycles. The Labute approximate surface area is 294 Å². The standard InChI is InChI=1S/C47H40N2O/c1-47(2)41-14-5-3-12-37(41)38-25-22-33(29-42(38)47)32-10-9-11-36(28-32)49(35-23-20-31(21-24-35)40-27-30-18-19-34(40)26-30)44-16-7-4-13-39(44)46-48-43-15-6-8-17-45(43)50-46/h3-17,20-25,28-30,34,40H,18-19,26-27H2,1-2H3. The highest BCUT2D eigenvalue weighted by Gasteiger charge is 2.40. The molecule has 7 aromatic rings. The Bertz CT molecular complexity index is 2370. The van der Waals surface area contributed by atoms with Crippen LogP contribution in [0.5, 0.6) is 0 Å². The summed E-state index contributed by atoms with van der Waals surface area (Å²) in [5, 5.41) is 0. The van der Waals surface area contributed by atoms with Gasteiger partial charge in [0.15, 0.2) is 5.58 Å². The van der Waals surface area contributed by atoms with Gasteiger partial charge in [0.05, 0.1) is 11.3 Å². The molecule has 3 aliphatic carbocycles. The third-order valence-electron chi connectivity index (χ3n) is 12.0. The zero-order valence-electron chi connectivity index (χ0n) is 28.6. The van der Waals surface area contributed by atoms with Crippen LogP contribution in [0.3, 0.4) is 0 Å². The second-order valence-electron chi connectivity index (χ2n) is 15.2. The largest absolute Gasteiger partial charge is 0.436 e. The van der Waals surface area contributed by atoms with Gasteiger partial charge >= 0.3 is 0 Å². The number of rotatable bonds is 6. The van der Waals surface area contributed by atoms with Crippen molar-refractivity contribution in [3.05, 3.63) is 156 Å². The van der Waals surface area contributed by atoms with Crippen molar-refractivity contribution >= 4 is 28.2 Å². The van der Waals surface area contributed by atoms with E-state index in [2.05, 4.69) is 134 Å². The third-order valence-corrected chi connectivity index (χ3v) is 12.0. The molecule has 10 rings (SSSR count). The maximum absolute atomic E-state index is 6.38. The predicted octanol–water partition coefficient (Wildman–Crippen LogP) is 12.8. The number of benzene rings is 6. The Morgan fingerprint density at radius 1 is 0.620 bits per heavy atom. The molecule has 244 valence electrons. The zero-order chi connectivity index (χ0) is 33.4. The van der Waals surface area contributed by atoms with Gasteiger partial charge in [-0.1, -0.05) is 105 Å². The maximum atomic E-state index is 6.38. The van der Waals surface area contributed by atoms with E-state index in [1.54, 1.807) is 0 Å². The molecule has 3 unspecified atom stereocenters. The van der Waals surface area contributed by atoms with Crippen LogP contribution in [0.15, 0.2) is 144 Å². The minimum Gasteiger partial charge on any atom is -0.436 e. The first-order valence-corrected chi connectivity index (χ1v) is 18.2. The first-order chi connectivity index (χ1) is 24.5. The Morgan fingerprint density at radius 3 is 2.20 bits per heavy atom. The van der Waals surface area contributed by atoms with Crippen molar-refractivity contribution in [3.63, 3.8) is 0 Å². The van der Waals surface area contributed by atoms with Crippen LogP contribution in [-0.2, 0) is 5.41 Å². The van der Waals surface area contributed by atoms with Crippen molar-refractivity contribution in [2.45, 2.75) is 50.9 Å².